The Labute approximate surface area is 91.8 Å². The average molecular weight is 214 g/mol. The fourth-order valence-corrected chi connectivity index (χ4v) is 1.64. The molecular weight excluding hydrogens is 192 g/mol. The van der Waals surface area contributed by atoms with E-state index in [9.17, 15) is 4.79 Å². The number of carbonyl (C=O) groups excluding carboxylic acids is 1. The van der Waals surface area contributed by atoms with Crippen LogP contribution in [0.1, 0.15) is 26.2 Å². The summed E-state index contributed by atoms with van der Waals surface area (Å²) in [5.74, 6) is 0.235. The molecule has 1 aliphatic carbocycles. The third-order valence-corrected chi connectivity index (χ3v) is 3.08. The Bertz CT molecular complexity index is 203. The molecule has 0 saturated heterocycles. The Morgan fingerprint density at radius 1 is 1.33 bits per heavy atom. The van der Waals surface area contributed by atoms with E-state index >= 15 is 0 Å². The number of hydrogen-bond donors (Lipinski definition) is 2. The van der Waals surface area contributed by atoms with Crippen molar-refractivity contribution < 1.29 is 9.53 Å². The van der Waals surface area contributed by atoms with E-state index in [1.54, 1.807) is 7.11 Å². The number of nitrogens with one attached hydrogen (secondary N) is 2. The topological polar surface area (TPSA) is 50.4 Å². The molecule has 2 N–H and O–H groups in total. The molecule has 0 aromatic rings. The summed E-state index contributed by atoms with van der Waals surface area (Å²) in [6.07, 6.45) is 3.09. The Kier molecular flexibility index (Phi) is 5.05. The minimum Gasteiger partial charge on any atom is -0.383 e. The zero-order chi connectivity index (χ0) is 11.1. The van der Waals surface area contributed by atoms with Crippen molar-refractivity contribution >= 4 is 5.91 Å². The van der Waals surface area contributed by atoms with Gasteiger partial charge in [0, 0.05) is 32.2 Å². The Balaban J connectivity index is 1.98. The van der Waals surface area contributed by atoms with E-state index in [0.717, 1.165) is 32.4 Å². The molecule has 1 amide bonds. The molecule has 0 radical (unpaired) electrons. The summed E-state index contributed by atoms with van der Waals surface area (Å²) in [4.78, 5) is 11.7. The average Bonchev–Trinajstić information content (AvgIpc) is 3.03. The zero-order valence-corrected chi connectivity index (χ0v) is 9.77. The van der Waals surface area contributed by atoms with Crippen LogP contribution in [-0.4, -0.2) is 39.3 Å². The molecule has 0 aliphatic heterocycles. The van der Waals surface area contributed by atoms with Gasteiger partial charge in [-0.1, -0.05) is 6.92 Å². The zero-order valence-electron chi connectivity index (χ0n) is 9.77. The maximum absolute atomic E-state index is 11.7. The molecule has 1 fully saturated rings. The minimum atomic E-state index is -0.00741. The highest BCUT2D eigenvalue weighted by atomic mass is 16.5. The molecule has 0 spiro atoms. The summed E-state index contributed by atoms with van der Waals surface area (Å²) >= 11 is 0. The molecule has 1 saturated carbocycles. The number of rotatable bonds is 8. The third-order valence-electron chi connectivity index (χ3n) is 3.08. The van der Waals surface area contributed by atoms with Crippen molar-refractivity contribution in [1.29, 1.82) is 0 Å². The van der Waals surface area contributed by atoms with Crippen LogP contribution in [0.5, 0.6) is 0 Å². The van der Waals surface area contributed by atoms with E-state index < -0.39 is 0 Å². The van der Waals surface area contributed by atoms with E-state index in [0.29, 0.717) is 13.2 Å². The molecule has 0 bridgehead atoms. The van der Waals surface area contributed by atoms with Gasteiger partial charge in [-0.2, -0.15) is 0 Å². The maximum atomic E-state index is 11.7. The second kappa shape index (κ2) is 6.08. The Morgan fingerprint density at radius 3 is 2.60 bits per heavy atom. The first kappa shape index (κ1) is 12.5. The monoisotopic (exact) mass is 214 g/mol. The van der Waals surface area contributed by atoms with Crippen LogP contribution >= 0.6 is 0 Å². The van der Waals surface area contributed by atoms with Crippen molar-refractivity contribution in [2.24, 2.45) is 5.41 Å². The van der Waals surface area contributed by atoms with Crippen LogP contribution in [-0.2, 0) is 9.53 Å². The number of methoxy groups -OCH3 is 1. The Hall–Kier alpha value is -0.610. The van der Waals surface area contributed by atoms with Gasteiger partial charge in [-0.05, 0) is 19.3 Å². The summed E-state index contributed by atoms with van der Waals surface area (Å²) in [6, 6.07) is 0. The predicted octanol–water partition coefficient (Wildman–Crippen LogP) is 0.529. The molecule has 0 unspecified atom stereocenters. The van der Waals surface area contributed by atoms with Gasteiger partial charge in [0.1, 0.15) is 0 Å². The maximum Gasteiger partial charge on any atom is 0.226 e. The molecule has 1 aliphatic rings. The van der Waals surface area contributed by atoms with Crippen molar-refractivity contribution in [3.63, 3.8) is 0 Å². The van der Waals surface area contributed by atoms with Crippen molar-refractivity contribution in [1.82, 2.24) is 10.6 Å². The van der Waals surface area contributed by atoms with Crippen LogP contribution in [0.25, 0.3) is 0 Å². The van der Waals surface area contributed by atoms with Crippen LogP contribution in [0.4, 0.5) is 0 Å². The summed E-state index contributed by atoms with van der Waals surface area (Å²) in [5, 5.41) is 6.16. The number of ether oxygens (including phenoxy) is 1. The van der Waals surface area contributed by atoms with Gasteiger partial charge < -0.3 is 15.4 Å². The van der Waals surface area contributed by atoms with Crippen molar-refractivity contribution in [3.8, 4) is 0 Å². The van der Waals surface area contributed by atoms with E-state index in [-0.39, 0.29) is 11.3 Å². The van der Waals surface area contributed by atoms with Gasteiger partial charge in [0.15, 0.2) is 0 Å². The first-order valence-corrected chi connectivity index (χ1v) is 5.73. The summed E-state index contributed by atoms with van der Waals surface area (Å²) < 4.78 is 4.90. The fourth-order valence-electron chi connectivity index (χ4n) is 1.64. The van der Waals surface area contributed by atoms with Gasteiger partial charge in [-0.3, -0.25) is 4.79 Å². The summed E-state index contributed by atoms with van der Waals surface area (Å²) in [7, 11) is 1.68. The first-order valence-electron chi connectivity index (χ1n) is 5.73. The van der Waals surface area contributed by atoms with Gasteiger partial charge in [-0.15, -0.1) is 0 Å². The summed E-state index contributed by atoms with van der Waals surface area (Å²) in [5.41, 5.74) is -0.00741. The van der Waals surface area contributed by atoms with Gasteiger partial charge >= 0.3 is 0 Å². The predicted molar refractivity (Wildman–Crippen MR) is 59.7 cm³/mol. The van der Waals surface area contributed by atoms with Crippen LogP contribution in [0, 0.1) is 5.41 Å². The van der Waals surface area contributed by atoms with Crippen LogP contribution in [0.3, 0.4) is 0 Å². The van der Waals surface area contributed by atoms with E-state index in [4.69, 9.17) is 4.74 Å². The highest BCUT2D eigenvalue weighted by Crippen LogP contribution is 2.48. The molecule has 0 heterocycles. The van der Waals surface area contributed by atoms with Gasteiger partial charge in [0.25, 0.3) is 0 Å². The summed E-state index contributed by atoms with van der Waals surface area (Å²) in [6.45, 7) is 5.17. The molecule has 1 rings (SSSR count). The normalized spacial score (nSPS) is 17.5. The lowest BCUT2D eigenvalue weighted by atomic mass is 10.0. The van der Waals surface area contributed by atoms with E-state index in [1.807, 2.05) is 0 Å². The highest BCUT2D eigenvalue weighted by Gasteiger charge is 2.47. The molecule has 88 valence electrons. The van der Waals surface area contributed by atoms with Gasteiger partial charge in [-0.25, -0.2) is 0 Å². The second-order valence-corrected chi connectivity index (χ2v) is 4.13. The largest absolute Gasteiger partial charge is 0.383 e. The van der Waals surface area contributed by atoms with E-state index in [1.165, 1.54) is 0 Å². The molecule has 15 heavy (non-hydrogen) atoms. The molecule has 4 nitrogen and oxygen atoms in total. The second-order valence-electron chi connectivity index (χ2n) is 4.13. The number of hydrogen-bond acceptors (Lipinski definition) is 3. The van der Waals surface area contributed by atoms with Crippen LogP contribution < -0.4 is 10.6 Å². The van der Waals surface area contributed by atoms with Crippen LogP contribution in [0.2, 0.25) is 0 Å². The standard InChI is InChI=1S/C11H22N2O2/c1-3-11(4-5-11)10(14)13-7-6-12-8-9-15-2/h12H,3-9H2,1-2H3,(H,13,14). The van der Waals surface area contributed by atoms with Crippen molar-refractivity contribution in [3.05, 3.63) is 0 Å². The lowest BCUT2D eigenvalue weighted by Crippen LogP contribution is -2.37. The van der Waals surface area contributed by atoms with Crippen LogP contribution in [0.15, 0.2) is 0 Å². The number of carbonyl (C=O) groups is 1. The van der Waals surface area contributed by atoms with Gasteiger partial charge in [0.05, 0.1) is 6.61 Å². The Morgan fingerprint density at radius 2 is 2.07 bits per heavy atom. The van der Waals surface area contributed by atoms with Crippen molar-refractivity contribution in [2.75, 3.05) is 33.4 Å². The van der Waals surface area contributed by atoms with E-state index in [2.05, 4.69) is 17.6 Å². The SMILES string of the molecule is CCC1(C(=O)NCCNCCOC)CC1. The first-order chi connectivity index (χ1) is 7.25. The quantitative estimate of drug-likeness (QED) is 0.579. The smallest absolute Gasteiger partial charge is 0.226 e. The number of amides is 1. The third kappa shape index (κ3) is 3.80. The molecule has 4 heteroatoms. The lowest BCUT2D eigenvalue weighted by molar-refractivity contribution is -0.126. The fraction of sp³-hybridized carbons (Fsp3) is 0.909. The molecule has 0 aromatic heterocycles. The minimum absolute atomic E-state index is 0.00741. The van der Waals surface area contributed by atoms with Crippen molar-refractivity contribution in [2.45, 2.75) is 26.2 Å². The highest BCUT2D eigenvalue weighted by molar-refractivity contribution is 5.85. The van der Waals surface area contributed by atoms with Gasteiger partial charge in [0.2, 0.25) is 5.91 Å². The molecule has 0 aromatic carbocycles. The molecular formula is C11H22N2O2. The lowest BCUT2D eigenvalue weighted by Gasteiger charge is -2.12. The molecule has 0 atom stereocenters.